The van der Waals surface area contributed by atoms with Crippen molar-refractivity contribution in [1.29, 1.82) is 0 Å². The van der Waals surface area contributed by atoms with Crippen LogP contribution in [-0.4, -0.2) is 29.9 Å². The van der Waals surface area contributed by atoms with Gasteiger partial charge in [-0.05, 0) is 31.9 Å². The van der Waals surface area contributed by atoms with Crippen molar-refractivity contribution in [3.05, 3.63) is 35.6 Å². The highest BCUT2D eigenvalue weighted by Gasteiger charge is 2.28. The Bertz CT molecular complexity index is 436. The Morgan fingerprint density at radius 1 is 1.42 bits per heavy atom. The van der Waals surface area contributed by atoms with Crippen molar-refractivity contribution < 1.29 is 9.18 Å². The number of hydrogen-bond donors (Lipinski definition) is 1. The number of nitrogens with zero attached hydrogens (tertiary/aromatic N) is 1. The topological polar surface area (TPSA) is 32.3 Å². The van der Waals surface area contributed by atoms with Crippen molar-refractivity contribution >= 4 is 5.91 Å². The van der Waals surface area contributed by atoms with E-state index < -0.39 is 0 Å². The third kappa shape index (κ3) is 3.53. The number of halogens is 1. The average molecular weight is 264 g/mol. The van der Waals surface area contributed by atoms with E-state index in [4.69, 9.17) is 0 Å². The number of piperidine rings is 1. The van der Waals surface area contributed by atoms with Gasteiger partial charge in [0.1, 0.15) is 5.82 Å². The van der Waals surface area contributed by atoms with Crippen molar-refractivity contribution in [1.82, 2.24) is 10.2 Å². The van der Waals surface area contributed by atoms with Gasteiger partial charge in [-0.2, -0.15) is 0 Å². The summed E-state index contributed by atoms with van der Waals surface area (Å²) in [7, 11) is 0. The van der Waals surface area contributed by atoms with Gasteiger partial charge in [0.25, 0.3) is 0 Å². The number of carbonyl (C=O) groups is 1. The Labute approximate surface area is 113 Å². The van der Waals surface area contributed by atoms with Crippen molar-refractivity contribution in [2.45, 2.75) is 38.8 Å². The Morgan fingerprint density at radius 2 is 2.21 bits per heavy atom. The first-order valence-corrected chi connectivity index (χ1v) is 6.98. The molecule has 4 heteroatoms. The summed E-state index contributed by atoms with van der Waals surface area (Å²) in [6, 6.07) is 6.56. The molecule has 1 atom stereocenters. The smallest absolute Gasteiger partial charge is 0.240 e. The largest absolute Gasteiger partial charge is 0.337 e. The van der Waals surface area contributed by atoms with Crippen LogP contribution in [0.3, 0.4) is 0 Å². The highest BCUT2D eigenvalue weighted by molar-refractivity contribution is 5.82. The zero-order valence-electron chi connectivity index (χ0n) is 11.4. The fourth-order valence-electron chi connectivity index (χ4n) is 2.44. The molecule has 1 aliphatic heterocycles. The van der Waals surface area contributed by atoms with Crippen LogP contribution in [0, 0.1) is 5.82 Å². The lowest BCUT2D eigenvalue weighted by atomic mass is 10.0. The second-order valence-corrected chi connectivity index (χ2v) is 5.00. The maximum absolute atomic E-state index is 13.6. The summed E-state index contributed by atoms with van der Waals surface area (Å²) < 4.78 is 13.6. The molecule has 104 valence electrons. The van der Waals surface area contributed by atoms with E-state index in [-0.39, 0.29) is 17.8 Å². The molecule has 1 amide bonds. The molecule has 1 saturated heterocycles. The van der Waals surface area contributed by atoms with E-state index in [1.807, 2.05) is 0 Å². The molecule has 1 N–H and O–H groups in total. The van der Waals surface area contributed by atoms with Gasteiger partial charge in [-0.1, -0.05) is 25.1 Å². The van der Waals surface area contributed by atoms with Gasteiger partial charge in [0, 0.05) is 18.7 Å². The second-order valence-electron chi connectivity index (χ2n) is 5.00. The fraction of sp³-hybridized carbons (Fsp3) is 0.533. The van der Waals surface area contributed by atoms with Crippen molar-refractivity contribution in [3.63, 3.8) is 0 Å². The van der Waals surface area contributed by atoms with Gasteiger partial charge in [0.05, 0.1) is 6.04 Å². The number of amides is 1. The fourth-order valence-corrected chi connectivity index (χ4v) is 2.44. The lowest BCUT2D eigenvalue weighted by molar-refractivity contribution is -0.136. The van der Waals surface area contributed by atoms with Gasteiger partial charge >= 0.3 is 0 Å². The van der Waals surface area contributed by atoms with Crippen LogP contribution in [0.25, 0.3) is 0 Å². The molecule has 0 bridgehead atoms. The third-order valence-electron chi connectivity index (χ3n) is 3.49. The molecule has 1 unspecified atom stereocenters. The van der Waals surface area contributed by atoms with E-state index in [0.717, 1.165) is 32.4 Å². The zero-order chi connectivity index (χ0) is 13.7. The molecular weight excluding hydrogens is 243 g/mol. The minimum absolute atomic E-state index is 0.0968. The predicted molar refractivity (Wildman–Crippen MR) is 73.1 cm³/mol. The summed E-state index contributed by atoms with van der Waals surface area (Å²) in [6.45, 7) is 4.02. The van der Waals surface area contributed by atoms with Crippen LogP contribution in [-0.2, 0) is 11.3 Å². The maximum Gasteiger partial charge on any atom is 0.240 e. The summed E-state index contributed by atoms with van der Waals surface area (Å²) >= 11 is 0. The quantitative estimate of drug-likeness (QED) is 0.885. The van der Waals surface area contributed by atoms with E-state index >= 15 is 0 Å². The molecule has 0 saturated carbocycles. The second kappa shape index (κ2) is 6.66. The van der Waals surface area contributed by atoms with Crippen LogP contribution in [0.2, 0.25) is 0 Å². The molecule has 0 spiro atoms. The molecule has 19 heavy (non-hydrogen) atoms. The number of hydrogen-bond acceptors (Lipinski definition) is 2. The molecule has 1 heterocycles. The minimum atomic E-state index is -0.237. The first-order valence-electron chi connectivity index (χ1n) is 6.98. The molecule has 2 rings (SSSR count). The van der Waals surface area contributed by atoms with Crippen LogP contribution >= 0.6 is 0 Å². The SMILES string of the molecule is CCCNC1CCCN(Cc2ccccc2F)C1=O. The van der Waals surface area contributed by atoms with E-state index in [1.54, 1.807) is 23.1 Å². The Kier molecular flexibility index (Phi) is 4.91. The van der Waals surface area contributed by atoms with Crippen molar-refractivity contribution in [3.8, 4) is 0 Å². The highest BCUT2D eigenvalue weighted by atomic mass is 19.1. The van der Waals surface area contributed by atoms with Crippen LogP contribution < -0.4 is 5.32 Å². The summed E-state index contributed by atoms with van der Waals surface area (Å²) in [5.74, 6) is -0.137. The normalized spacial score (nSPS) is 19.8. The Balaban J connectivity index is 2.00. The number of carbonyl (C=O) groups excluding carboxylic acids is 1. The third-order valence-corrected chi connectivity index (χ3v) is 3.49. The lowest BCUT2D eigenvalue weighted by Crippen LogP contribution is -2.50. The highest BCUT2D eigenvalue weighted by Crippen LogP contribution is 2.16. The van der Waals surface area contributed by atoms with Crippen LogP contribution in [0.1, 0.15) is 31.7 Å². The van der Waals surface area contributed by atoms with E-state index in [2.05, 4.69) is 12.2 Å². The number of benzene rings is 1. The van der Waals surface area contributed by atoms with Gasteiger partial charge in [-0.15, -0.1) is 0 Å². The minimum Gasteiger partial charge on any atom is -0.337 e. The number of likely N-dealkylation sites (tertiary alicyclic amines) is 1. The van der Waals surface area contributed by atoms with Gasteiger partial charge < -0.3 is 10.2 Å². The summed E-state index contributed by atoms with van der Waals surface area (Å²) in [5, 5.41) is 3.27. The number of nitrogens with one attached hydrogen (secondary N) is 1. The van der Waals surface area contributed by atoms with Gasteiger partial charge in [-0.3, -0.25) is 4.79 Å². The lowest BCUT2D eigenvalue weighted by Gasteiger charge is -2.33. The van der Waals surface area contributed by atoms with E-state index in [1.165, 1.54) is 6.07 Å². The predicted octanol–water partition coefficient (Wildman–Crippen LogP) is 2.32. The Morgan fingerprint density at radius 3 is 2.95 bits per heavy atom. The van der Waals surface area contributed by atoms with Gasteiger partial charge in [0.15, 0.2) is 0 Å². The summed E-state index contributed by atoms with van der Waals surface area (Å²) in [6.07, 6.45) is 2.87. The first-order chi connectivity index (χ1) is 9.22. The Hall–Kier alpha value is -1.42. The van der Waals surface area contributed by atoms with Gasteiger partial charge in [-0.25, -0.2) is 4.39 Å². The molecule has 1 fully saturated rings. The van der Waals surface area contributed by atoms with Crippen LogP contribution in [0.15, 0.2) is 24.3 Å². The standard InChI is InChI=1S/C15H21FN2O/c1-2-9-17-14-8-5-10-18(15(14)19)11-12-6-3-4-7-13(12)16/h3-4,6-7,14,17H,2,5,8-11H2,1H3. The molecule has 1 aromatic rings. The summed E-state index contributed by atoms with van der Waals surface area (Å²) in [5.41, 5.74) is 0.590. The molecule has 1 aromatic carbocycles. The van der Waals surface area contributed by atoms with Crippen LogP contribution in [0.5, 0.6) is 0 Å². The molecule has 0 aromatic heterocycles. The molecular formula is C15H21FN2O. The molecule has 0 radical (unpaired) electrons. The zero-order valence-corrected chi connectivity index (χ0v) is 11.4. The monoisotopic (exact) mass is 264 g/mol. The van der Waals surface area contributed by atoms with E-state index in [0.29, 0.717) is 12.1 Å². The molecule has 0 aliphatic carbocycles. The average Bonchev–Trinajstić information content (AvgIpc) is 2.42. The maximum atomic E-state index is 13.6. The van der Waals surface area contributed by atoms with Crippen LogP contribution in [0.4, 0.5) is 4.39 Å². The summed E-state index contributed by atoms with van der Waals surface area (Å²) in [4.78, 5) is 14.0. The van der Waals surface area contributed by atoms with Crippen molar-refractivity contribution in [2.24, 2.45) is 0 Å². The molecule has 1 aliphatic rings. The number of rotatable bonds is 5. The van der Waals surface area contributed by atoms with E-state index in [9.17, 15) is 9.18 Å². The van der Waals surface area contributed by atoms with Crippen molar-refractivity contribution in [2.75, 3.05) is 13.1 Å². The van der Waals surface area contributed by atoms with Gasteiger partial charge in [0.2, 0.25) is 5.91 Å². The first kappa shape index (κ1) is 14.0. The molecule has 3 nitrogen and oxygen atoms in total.